The lowest BCUT2D eigenvalue weighted by molar-refractivity contribution is 0.880. The van der Waals surface area contributed by atoms with Gasteiger partial charge in [0.25, 0.3) is 0 Å². The van der Waals surface area contributed by atoms with Crippen LogP contribution in [0.1, 0.15) is 22.3 Å². The van der Waals surface area contributed by atoms with Gasteiger partial charge >= 0.3 is 0 Å². The summed E-state index contributed by atoms with van der Waals surface area (Å²) in [6.45, 7) is 6.11. The monoisotopic (exact) mass is 291 g/mol. The van der Waals surface area contributed by atoms with Crippen LogP contribution in [0, 0.1) is 13.8 Å². The Morgan fingerprint density at radius 1 is 0.947 bits per heavy atom. The average molecular weight is 292 g/mol. The Balaban J connectivity index is 1.97. The second-order valence-corrected chi connectivity index (χ2v) is 5.92. The van der Waals surface area contributed by atoms with E-state index in [4.69, 9.17) is 23.2 Å². The zero-order valence-electron chi connectivity index (χ0n) is 11.0. The van der Waals surface area contributed by atoms with Gasteiger partial charge in [-0.3, -0.25) is 0 Å². The number of anilines is 1. The fraction of sp³-hybridized carbons (Fsp3) is 0.250. The Morgan fingerprint density at radius 2 is 1.53 bits per heavy atom. The van der Waals surface area contributed by atoms with Crippen molar-refractivity contribution in [3.05, 3.63) is 62.6 Å². The molecule has 1 nitrogen and oxygen atoms in total. The van der Waals surface area contributed by atoms with Crippen molar-refractivity contribution < 1.29 is 0 Å². The largest absolute Gasteiger partial charge is 0.362 e. The standard InChI is InChI=1S/C16H15Cl2N/c1-10-6-12-8-19(9-13(12)7-11(10)2)15-5-3-4-14(17)16(15)18/h3-7H,8-9H2,1-2H3. The smallest absolute Gasteiger partial charge is 0.0825 e. The molecule has 0 aromatic heterocycles. The van der Waals surface area contributed by atoms with Crippen molar-refractivity contribution in [3.63, 3.8) is 0 Å². The molecule has 0 spiro atoms. The van der Waals surface area contributed by atoms with Crippen molar-refractivity contribution in [2.45, 2.75) is 26.9 Å². The molecule has 2 aromatic carbocycles. The van der Waals surface area contributed by atoms with Gasteiger partial charge in [0.15, 0.2) is 0 Å². The minimum absolute atomic E-state index is 0.613. The Bertz CT molecular complexity index is 618. The predicted octanol–water partition coefficient (Wildman–Crippen LogP) is 5.13. The average Bonchev–Trinajstić information content (AvgIpc) is 2.76. The van der Waals surface area contributed by atoms with Crippen LogP contribution < -0.4 is 4.90 Å². The van der Waals surface area contributed by atoms with Crippen LogP contribution in [0.15, 0.2) is 30.3 Å². The van der Waals surface area contributed by atoms with Crippen LogP contribution in [0.3, 0.4) is 0 Å². The van der Waals surface area contributed by atoms with Crippen molar-refractivity contribution in [2.24, 2.45) is 0 Å². The molecule has 1 heterocycles. The van der Waals surface area contributed by atoms with E-state index in [0.29, 0.717) is 10.0 Å². The van der Waals surface area contributed by atoms with E-state index < -0.39 is 0 Å². The third-order valence-electron chi connectivity index (χ3n) is 3.81. The SMILES string of the molecule is Cc1cc2c(cc1C)CN(c1cccc(Cl)c1Cl)C2. The number of hydrogen-bond donors (Lipinski definition) is 0. The highest BCUT2D eigenvalue weighted by Crippen LogP contribution is 2.37. The molecule has 0 bridgehead atoms. The first-order valence-electron chi connectivity index (χ1n) is 6.34. The first-order valence-corrected chi connectivity index (χ1v) is 7.10. The van der Waals surface area contributed by atoms with E-state index in [0.717, 1.165) is 18.8 Å². The number of halogens is 2. The minimum atomic E-state index is 0.613. The zero-order chi connectivity index (χ0) is 13.6. The number of nitrogens with zero attached hydrogens (tertiary/aromatic N) is 1. The first-order chi connectivity index (χ1) is 9.06. The van der Waals surface area contributed by atoms with Crippen molar-refractivity contribution in [1.82, 2.24) is 0 Å². The summed E-state index contributed by atoms with van der Waals surface area (Å²) in [4.78, 5) is 2.28. The van der Waals surface area contributed by atoms with E-state index >= 15 is 0 Å². The molecule has 3 rings (SSSR count). The van der Waals surface area contributed by atoms with E-state index in [-0.39, 0.29) is 0 Å². The normalized spacial score (nSPS) is 13.8. The molecule has 0 unspecified atom stereocenters. The molecule has 0 amide bonds. The lowest BCUT2D eigenvalue weighted by Crippen LogP contribution is -2.14. The molecular formula is C16H15Cl2N. The fourth-order valence-electron chi connectivity index (χ4n) is 2.60. The molecule has 19 heavy (non-hydrogen) atoms. The number of rotatable bonds is 1. The highest BCUT2D eigenvalue weighted by molar-refractivity contribution is 6.43. The maximum Gasteiger partial charge on any atom is 0.0825 e. The van der Waals surface area contributed by atoms with Crippen LogP contribution in [-0.2, 0) is 13.1 Å². The Hall–Kier alpha value is -1.18. The van der Waals surface area contributed by atoms with Crippen LogP contribution in [0.25, 0.3) is 0 Å². The zero-order valence-corrected chi connectivity index (χ0v) is 12.5. The minimum Gasteiger partial charge on any atom is -0.362 e. The molecule has 0 saturated heterocycles. The summed E-state index contributed by atoms with van der Waals surface area (Å²) < 4.78 is 0. The van der Waals surface area contributed by atoms with Gasteiger partial charge in [-0.2, -0.15) is 0 Å². The van der Waals surface area contributed by atoms with Gasteiger partial charge < -0.3 is 4.90 Å². The second kappa shape index (κ2) is 4.73. The number of benzene rings is 2. The van der Waals surface area contributed by atoms with E-state index in [1.165, 1.54) is 22.3 Å². The third-order valence-corrected chi connectivity index (χ3v) is 4.62. The molecule has 0 saturated carbocycles. The first kappa shape index (κ1) is 12.8. The summed E-state index contributed by atoms with van der Waals surface area (Å²) in [7, 11) is 0. The van der Waals surface area contributed by atoms with Crippen LogP contribution in [0.5, 0.6) is 0 Å². The quantitative estimate of drug-likeness (QED) is 0.704. The maximum atomic E-state index is 6.31. The summed E-state index contributed by atoms with van der Waals surface area (Å²) in [6, 6.07) is 10.4. The van der Waals surface area contributed by atoms with Gasteiger partial charge in [-0.05, 0) is 48.2 Å². The Kier molecular flexibility index (Phi) is 3.20. The summed E-state index contributed by atoms with van der Waals surface area (Å²) >= 11 is 12.4. The van der Waals surface area contributed by atoms with E-state index in [1.807, 2.05) is 18.2 Å². The van der Waals surface area contributed by atoms with Gasteiger partial charge in [-0.1, -0.05) is 41.4 Å². The molecule has 1 aliphatic rings. The molecular weight excluding hydrogens is 277 g/mol. The topological polar surface area (TPSA) is 3.24 Å². The second-order valence-electron chi connectivity index (χ2n) is 5.13. The number of aryl methyl sites for hydroxylation is 2. The summed E-state index contributed by atoms with van der Waals surface area (Å²) in [5, 5.41) is 1.26. The van der Waals surface area contributed by atoms with Gasteiger partial charge in [0.2, 0.25) is 0 Å². The molecule has 3 heteroatoms. The van der Waals surface area contributed by atoms with Gasteiger partial charge in [-0.15, -0.1) is 0 Å². The van der Waals surface area contributed by atoms with Crippen LogP contribution in [-0.4, -0.2) is 0 Å². The molecule has 0 radical (unpaired) electrons. The predicted molar refractivity (Wildman–Crippen MR) is 82.3 cm³/mol. The molecule has 98 valence electrons. The fourth-order valence-corrected chi connectivity index (χ4v) is 3.02. The van der Waals surface area contributed by atoms with Crippen molar-refractivity contribution >= 4 is 28.9 Å². The lowest BCUT2D eigenvalue weighted by Gasteiger charge is -2.19. The maximum absolute atomic E-state index is 6.31. The summed E-state index contributed by atoms with van der Waals surface area (Å²) in [6.07, 6.45) is 0. The number of fused-ring (bicyclic) bond motifs is 1. The Morgan fingerprint density at radius 3 is 2.11 bits per heavy atom. The van der Waals surface area contributed by atoms with Crippen LogP contribution in [0.2, 0.25) is 10.0 Å². The molecule has 0 N–H and O–H groups in total. The van der Waals surface area contributed by atoms with Crippen molar-refractivity contribution in [1.29, 1.82) is 0 Å². The highest BCUT2D eigenvalue weighted by atomic mass is 35.5. The summed E-state index contributed by atoms with van der Waals surface area (Å²) in [5.74, 6) is 0. The molecule has 1 aliphatic heterocycles. The number of hydrogen-bond acceptors (Lipinski definition) is 1. The Labute approximate surface area is 123 Å². The van der Waals surface area contributed by atoms with E-state index in [1.54, 1.807) is 0 Å². The molecule has 2 aromatic rings. The molecule has 0 fully saturated rings. The van der Waals surface area contributed by atoms with Crippen molar-refractivity contribution in [3.8, 4) is 0 Å². The van der Waals surface area contributed by atoms with Crippen LogP contribution >= 0.6 is 23.2 Å². The van der Waals surface area contributed by atoms with Gasteiger partial charge in [-0.25, -0.2) is 0 Å². The van der Waals surface area contributed by atoms with E-state index in [9.17, 15) is 0 Å². The van der Waals surface area contributed by atoms with Crippen LogP contribution in [0.4, 0.5) is 5.69 Å². The van der Waals surface area contributed by atoms with Gasteiger partial charge in [0.1, 0.15) is 0 Å². The molecule has 0 atom stereocenters. The highest BCUT2D eigenvalue weighted by Gasteiger charge is 2.22. The van der Waals surface area contributed by atoms with Gasteiger partial charge in [0, 0.05) is 13.1 Å². The third kappa shape index (κ3) is 2.22. The summed E-state index contributed by atoms with van der Waals surface area (Å²) in [5.41, 5.74) is 6.48. The van der Waals surface area contributed by atoms with E-state index in [2.05, 4.69) is 30.9 Å². The van der Waals surface area contributed by atoms with Crippen molar-refractivity contribution in [2.75, 3.05) is 4.90 Å². The lowest BCUT2D eigenvalue weighted by atomic mass is 10.0. The van der Waals surface area contributed by atoms with Gasteiger partial charge in [0.05, 0.1) is 15.7 Å². The molecule has 0 aliphatic carbocycles.